The average Bonchev–Trinajstić information content (AvgIpc) is 2.49. The maximum absolute atomic E-state index is 13.0. The molecule has 22 heavy (non-hydrogen) atoms. The first-order valence-corrected chi connectivity index (χ1v) is 7.98. The van der Waals surface area contributed by atoms with Crippen LogP contribution in [0.5, 0.6) is 5.75 Å². The van der Waals surface area contributed by atoms with Crippen molar-refractivity contribution in [1.82, 2.24) is 4.90 Å². The monoisotopic (exact) mass is 305 g/mol. The molecule has 2 N–H and O–H groups in total. The molecule has 5 nitrogen and oxygen atoms in total. The largest absolute Gasteiger partial charge is 0.475 e. The van der Waals surface area contributed by atoms with Crippen LogP contribution in [0.2, 0.25) is 0 Å². The van der Waals surface area contributed by atoms with Gasteiger partial charge in [0.2, 0.25) is 0 Å². The van der Waals surface area contributed by atoms with Crippen LogP contribution in [0.15, 0.2) is 18.2 Å². The zero-order valence-corrected chi connectivity index (χ0v) is 14.1. The molecule has 0 atom stereocenters. The van der Waals surface area contributed by atoms with E-state index in [0.29, 0.717) is 30.8 Å². The van der Waals surface area contributed by atoms with Crippen LogP contribution in [0.25, 0.3) is 0 Å². The van der Waals surface area contributed by atoms with E-state index in [1.807, 2.05) is 51.0 Å². The van der Waals surface area contributed by atoms with Crippen LogP contribution in [0.4, 0.5) is 11.4 Å². The first kappa shape index (κ1) is 16.6. The minimum Gasteiger partial charge on any atom is -0.475 e. The maximum atomic E-state index is 13.0. The fourth-order valence-electron chi connectivity index (χ4n) is 2.91. The Balaban J connectivity index is 2.34. The molecule has 1 aliphatic heterocycles. The summed E-state index contributed by atoms with van der Waals surface area (Å²) in [7, 11) is 4.08. The maximum Gasteiger partial charge on any atom is 0.271 e. The molecule has 0 fully saturated rings. The molecule has 0 unspecified atom stereocenters. The molecule has 1 aromatic carbocycles. The normalized spacial score (nSPS) is 16.6. The highest BCUT2D eigenvalue weighted by Gasteiger charge is 2.45. The molecule has 5 heteroatoms. The van der Waals surface area contributed by atoms with E-state index >= 15 is 0 Å². The lowest BCUT2D eigenvalue weighted by atomic mass is 9.92. The number of hydrogen-bond acceptors (Lipinski definition) is 4. The second-order valence-electron chi connectivity index (χ2n) is 6.14. The number of carbonyl (C=O) groups is 1. The van der Waals surface area contributed by atoms with Gasteiger partial charge >= 0.3 is 0 Å². The molecular formula is C17H27N3O2. The number of nitrogens with zero attached hydrogens (tertiary/aromatic N) is 2. The molecule has 2 rings (SSSR count). The van der Waals surface area contributed by atoms with Crippen molar-refractivity contribution in [2.24, 2.45) is 0 Å². The molecule has 1 heterocycles. The van der Waals surface area contributed by atoms with Gasteiger partial charge in [-0.25, -0.2) is 0 Å². The average molecular weight is 305 g/mol. The molecule has 0 spiro atoms. The lowest BCUT2D eigenvalue weighted by molar-refractivity contribution is -0.136. The molecule has 0 saturated heterocycles. The minimum atomic E-state index is -0.765. The van der Waals surface area contributed by atoms with Crippen LogP contribution in [-0.4, -0.2) is 43.6 Å². The number of benzene rings is 1. The van der Waals surface area contributed by atoms with Crippen molar-refractivity contribution in [3.05, 3.63) is 18.2 Å². The van der Waals surface area contributed by atoms with E-state index in [2.05, 4.69) is 4.90 Å². The van der Waals surface area contributed by atoms with Crippen molar-refractivity contribution in [3.8, 4) is 5.75 Å². The number of hydrogen-bond donors (Lipinski definition) is 1. The zero-order valence-electron chi connectivity index (χ0n) is 14.1. The molecule has 0 saturated carbocycles. The molecule has 1 aliphatic rings. The standard InChI is InChI=1S/C17H27N3O2/c1-5-17(6-2)16(21)20(11-7-10-19(3)4)14-9-8-13(18)12-15(14)22-17/h8-9,12H,5-7,10-11,18H2,1-4H3. The molecule has 0 bridgehead atoms. The summed E-state index contributed by atoms with van der Waals surface area (Å²) >= 11 is 0. The number of anilines is 2. The van der Waals surface area contributed by atoms with Gasteiger partial charge in [0.05, 0.1) is 5.69 Å². The van der Waals surface area contributed by atoms with Crippen molar-refractivity contribution < 1.29 is 9.53 Å². The van der Waals surface area contributed by atoms with E-state index in [1.54, 1.807) is 0 Å². The van der Waals surface area contributed by atoms with E-state index in [9.17, 15) is 4.79 Å². The van der Waals surface area contributed by atoms with Gasteiger partial charge in [-0.1, -0.05) is 13.8 Å². The predicted octanol–water partition coefficient (Wildman–Crippen LogP) is 2.50. The number of rotatable bonds is 6. The molecule has 0 aromatic heterocycles. The zero-order chi connectivity index (χ0) is 16.3. The smallest absolute Gasteiger partial charge is 0.271 e. The fourth-order valence-corrected chi connectivity index (χ4v) is 2.91. The molecule has 1 amide bonds. The highest BCUT2D eigenvalue weighted by Crippen LogP contribution is 2.41. The van der Waals surface area contributed by atoms with E-state index in [1.165, 1.54) is 0 Å². The molecule has 0 radical (unpaired) electrons. The summed E-state index contributed by atoms with van der Waals surface area (Å²) in [6.07, 6.45) is 2.23. The summed E-state index contributed by atoms with van der Waals surface area (Å²) in [4.78, 5) is 17.0. The summed E-state index contributed by atoms with van der Waals surface area (Å²) in [6.45, 7) is 5.63. The van der Waals surface area contributed by atoms with Crippen molar-refractivity contribution >= 4 is 17.3 Å². The van der Waals surface area contributed by atoms with Crippen LogP contribution >= 0.6 is 0 Å². The second kappa shape index (κ2) is 6.57. The van der Waals surface area contributed by atoms with Gasteiger partial charge in [-0.05, 0) is 52.0 Å². The van der Waals surface area contributed by atoms with Gasteiger partial charge in [0.25, 0.3) is 5.91 Å². The number of nitrogens with two attached hydrogens (primary N) is 1. The van der Waals surface area contributed by atoms with Crippen LogP contribution < -0.4 is 15.4 Å². The molecule has 0 aliphatic carbocycles. The van der Waals surface area contributed by atoms with E-state index in [4.69, 9.17) is 10.5 Å². The summed E-state index contributed by atoms with van der Waals surface area (Å²) < 4.78 is 6.09. The Labute approximate surface area is 133 Å². The second-order valence-corrected chi connectivity index (χ2v) is 6.14. The van der Waals surface area contributed by atoms with Crippen LogP contribution in [0.3, 0.4) is 0 Å². The first-order valence-electron chi connectivity index (χ1n) is 7.98. The third-order valence-corrected chi connectivity index (χ3v) is 4.34. The Hall–Kier alpha value is -1.75. The number of amides is 1. The van der Waals surface area contributed by atoms with Crippen molar-refractivity contribution in [2.75, 3.05) is 37.8 Å². The summed E-state index contributed by atoms with van der Waals surface area (Å²) in [6, 6.07) is 5.52. The number of nitrogen functional groups attached to an aromatic ring is 1. The fraction of sp³-hybridized carbons (Fsp3) is 0.588. The van der Waals surface area contributed by atoms with E-state index in [0.717, 1.165) is 18.7 Å². The molecule has 1 aromatic rings. The highest BCUT2D eigenvalue weighted by molar-refractivity contribution is 6.03. The Morgan fingerprint density at radius 2 is 1.95 bits per heavy atom. The first-order chi connectivity index (χ1) is 10.4. The minimum absolute atomic E-state index is 0.0635. The Bertz CT molecular complexity index is 539. The van der Waals surface area contributed by atoms with Crippen LogP contribution in [0.1, 0.15) is 33.1 Å². The summed E-state index contributed by atoms with van der Waals surface area (Å²) in [5.74, 6) is 0.779. The third kappa shape index (κ3) is 3.04. The van der Waals surface area contributed by atoms with Gasteiger partial charge in [0.15, 0.2) is 5.60 Å². The SMILES string of the molecule is CCC1(CC)Oc2cc(N)ccc2N(CCCN(C)C)C1=O. The lowest BCUT2D eigenvalue weighted by Gasteiger charge is -2.42. The number of fused-ring (bicyclic) bond motifs is 1. The van der Waals surface area contributed by atoms with Gasteiger partial charge in [-0.3, -0.25) is 4.79 Å². The van der Waals surface area contributed by atoms with Crippen molar-refractivity contribution in [3.63, 3.8) is 0 Å². The van der Waals surface area contributed by atoms with Gasteiger partial charge in [-0.15, -0.1) is 0 Å². The summed E-state index contributed by atoms with van der Waals surface area (Å²) in [5, 5.41) is 0. The van der Waals surface area contributed by atoms with Crippen LogP contribution in [0, 0.1) is 0 Å². The third-order valence-electron chi connectivity index (χ3n) is 4.34. The van der Waals surface area contributed by atoms with Crippen molar-refractivity contribution in [2.45, 2.75) is 38.7 Å². The highest BCUT2D eigenvalue weighted by atomic mass is 16.5. The number of carbonyl (C=O) groups excluding carboxylic acids is 1. The van der Waals surface area contributed by atoms with Gasteiger partial charge in [0, 0.05) is 18.3 Å². The van der Waals surface area contributed by atoms with Gasteiger partial charge < -0.3 is 20.3 Å². The van der Waals surface area contributed by atoms with E-state index in [-0.39, 0.29) is 5.91 Å². The van der Waals surface area contributed by atoms with Crippen molar-refractivity contribution in [1.29, 1.82) is 0 Å². The van der Waals surface area contributed by atoms with E-state index < -0.39 is 5.60 Å². The summed E-state index contributed by atoms with van der Waals surface area (Å²) in [5.41, 5.74) is 6.60. The molecular weight excluding hydrogens is 278 g/mol. The molecule has 122 valence electrons. The Morgan fingerprint density at radius 1 is 1.27 bits per heavy atom. The topological polar surface area (TPSA) is 58.8 Å². The number of ether oxygens (including phenoxy) is 1. The van der Waals surface area contributed by atoms with Gasteiger partial charge in [0.1, 0.15) is 5.75 Å². The lowest BCUT2D eigenvalue weighted by Crippen LogP contribution is -2.56. The quantitative estimate of drug-likeness (QED) is 0.820. The Kier molecular flexibility index (Phi) is 4.96. The van der Waals surface area contributed by atoms with Gasteiger partial charge in [-0.2, -0.15) is 0 Å². The predicted molar refractivity (Wildman–Crippen MR) is 90.3 cm³/mol. The Morgan fingerprint density at radius 3 is 2.55 bits per heavy atom. The van der Waals surface area contributed by atoms with Crippen LogP contribution in [-0.2, 0) is 4.79 Å².